The molecule has 0 atom stereocenters. The number of quaternary nitrogens is 1. The summed E-state index contributed by atoms with van der Waals surface area (Å²) in [7, 11) is 1.98. The lowest BCUT2D eigenvalue weighted by molar-refractivity contribution is -0.627. The van der Waals surface area contributed by atoms with E-state index in [9.17, 15) is 4.79 Å². The molecule has 0 rings (SSSR count). The lowest BCUT2D eigenvalue weighted by atomic mass is 10.2. The third-order valence-electron chi connectivity index (χ3n) is 1.39. The van der Waals surface area contributed by atoms with E-state index < -0.39 is 6.16 Å². The van der Waals surface area contributed by atoms with Crippen LogP contribution in [0.5, 0.6) is 0 Å². The maximum absolute atomic E-state index is 10.9. The molecule has 4 heteroatoms. The molecule has 0 radical (unpaired) electrons. The molecule has 0 aliphatic heterocycles. The second-order valence-electron chi connectivity index (χ2n) is 3.35. The van der Waals surface area contributed by atoms with Crippen LogP contribution in [-0.4, -0.2) is 33.0 Å². The van der Waals surface area contributed by atoms with Gasteiger partial charge < -0.3 is 14.8 Å². The minimum atomic E-state index is -0.551. The Morgan fingerprint density at radius 2 is 2.08 bits per heavy atom. The summed E-state index contributed by atoms with van der Waals surface area (Å²) in [5.74, 6) is 0.358. The highest BCUT2D eigenvalue weighted by Crippen LogP contribution is 1.94. The fraction of sp³-hybridized carbons (Fsp3) is 0.889. The van der Waals surface area contributed by atoms with Crippen LogP contribution in [0.2, 0.25) is 0 Å². The van der Waals surface area contributed by atoms with Crippen LogP contribution in [0.3, 0.4) is 0 Å². The summed E-state index contributed by atoms with van der Waals surface area (Å²) >= 11 is 0. The minimum absolute atomic E-state index is 0.358. The van der Waals surface area contributed by atoms with Gasteiger partial charge in [0.05, 0.1) is 20.2 Å². The average molecular weight is 190 g/mol. The van der Waals surface area contributed by atoms with Crippen LogP contribution in [-0.2, 0) is 9.47 Å². The van der Waals surface area contributed by atoms with E-state index in [1.54, 1.807) is 0 Å². The number of carbonyl (C=O) groups is 1. The zero-order valence-corrected chi connectivity index (χ0v) is 8.71. The van der Waals surface area contributed by atoms with Gasteiger partial charge in [-0.25, -0.2) is 4.79 Å². The smallest absolute Gasteiger partial charge is 0.434 e. The van der Waals surface area contributed by atoms with Crippen molar-refractivity contribution in [2.75, 3.05) is 26.8 Å². The molecule has 0 spiro atoms. The van der Waals surface area contributed by atoms with Crippen LogP contribution in [0.1, 0.15) is 20.3 Å². The third kappa shape index (κ3) is 9.14. The maximum atomic E-state index is 10.9. The molecule has 0 aromatic rings. The molecule has 0 aromatic carbocycles. The van der Waals surface area contributed by atoms with E-state index in [2.05, 4.69) is 0 Å². The number of ether oxygens (including phenoxy) is 2. The molecular weight excluding hydrogens is 170 g/mol. The first kappa shape index (κ1) is 12.2. The first-order chi connectivity index (χ1) is 6.16. The standard InChI is InChI=1S/C9H19NO3/c1-8(2)7-13-9(11)12-6-4-5-10-3/h8,10H,4-7H2,1-3H3/p+1. The quantitative estimate of drug-likeness (QED) is 0.486. The topological polar surface area (TPSA) is 52.1 Å². The molecule has 0 amide bonds. The van der Waals surface area contributed by atoms with Gasteiger partial charge in [-0.15, -0.1) is 0 Å². The Kier molecular flexibility index (Phi) is 7.39. The van der Waals surface area contributed by atoms with E-state index >= 15 is 0 Å². The highest BCUT2D eigenvalue weighted by atomic mass is 16.7. The highest BCUT2D eigenvalue weighted by Gasteiger charge is 2.04. The zero-order chi connectivity index (χ0) is 10.1. The summed E-state index contributed by atoms with van der Waals surface area (Å²) in [6.07, 6.45) is 0.317. The van der Waals surface area contributed by atoms with E-state index in [1.807, 2.05) is 26.2 Å². The first-order valence-corrected chi connectivity index (χ1v) is 4.74. The summed E-state index contributed by atoms with van der Waals surface area (Å²) in [5.41, 5.74) is 0. The van der Waals surface area contributed by atoms with Crippen molar-refractivity contribution in [3.63, 3.8) is 0 Å². The van der Waals surface area contributed by atoms with Gasteiger partial charge in [-0.05, 0) is 5.92 Å². The van der Waals surface area contributed by atoms with Crippen LogP contribution in [0.4, 0.5) is 4.79 Å². The van der Waals surface area contributed by atoms with Crippen molar-refractivity contribution < 1.29 is 19.6 Å². The molecule has 0 aliphatic rings. The fourth-order valence-corrected chi connectivity index (χ4v) is 0.719. The summed E-state index contributed by atoms with van der Waals surface area (Å²) in [5, 5.41) is 2.04. The number of carbonyl (C=O) groups excluding carboxylic acids is 1. The molecule has 13 heavy (non-hydrogen) atoms. The third-order valence-corrected chi connectivity index (χ3v) is 1.39. The molecule has 0 aromatic heterocycles. The molecule has 0 saturated carbocycles. The molecule has 0 fully saturated rings. The summed E-state index contributed by atoms with van der Waals surface area (Å²) in [6, 6.07) is 0. The van der Waals surface area contributed by atoms with Gasteiger partial charge in [0.25, 0.3) is 0 Å². The largest absolute Gasteiger partial charge is 0.508 e. The number of hydrogen-bond acceptors (Lipinski definition) is 3. The Morgan fingerprint density at radius 1 is 1.38 bits per heavy atom. The molecule has 0 heterocycles. The molecular formula is C9H20NO3+. The van der Waals surface area contributed by atoms with Gasteiger partial charge in [0.1, 0.15) is 6.61 Å². The SMILES string of the molecule is C[NH2+]CCCOC(=O)OCC(C)C. The van der Waals surface area contributed by atoms with E-state index in [0.717, 1.165) is 13.0 Å². The van der Waals surface area contributed by atoms with Crippen molar-refractivity contribution in [3.8, 4) is 0 Å². The van der Waals surface area contributed by atoms with Gasteiger partial charge in [-0.2, -0.15) is 0 Å². The Balaban J connectivity index is 3.20. The van der Waals surface area contributed by atoms with Gasteiger partial charge in [-0.1, -0.05) is 13.8 Å². The van der Waals surface area contributed by atoms with Crippen molar-refractivity contribution in [2.45, 2.75) is 20.3 Å². The Morgan fingerprint density at radius 3 is 2.62 bits per heavy atom. The molecule has 0 aliphatic carbocycles. The minimum Gasteiger partial charge on any atom is -0.434 e. The van der Waals surface area contributed by atoms with E-state index in [-0.39, 0.29) is 0 Å². The lowest BCUT2D eigenvalue weighted by Gasteiger charge is -2.07. The monoisotopic (exact) mass is 190 g/mol. The van der Waals surface area contributed by atoms with Crippen molar-refractivity contribution in [1.82, 2.24) is 0 Å². The fourth-order valence-electron chi connectivity index (χ4n) is 0.719. The van der Waals surface area contributed by atoms with Crippen molar-refractivity contribution in [3.05, 3.63) is 0 Å². The average Bonchev–Trinajstić information content (AvgIpc) is 2.09. The maximum Gasteiger partial charge on any atom is 0.508 e. The van der Waals surface area contributed by atoms with Gasteiger partial charge in [0, 0.05) is 6.42 Å². The van der Waals surface area contributed by atoms with E-state index in [1.165, 1.54) is 0 Å². The molecule has 0 bridgehead atoms. The second-order valence-corrected chi connectivity index (χ2v) is 3.35. The molecule has 0 saturated heterocycles. The number of hydrogen-bond donors (Lipinski definition) is 1. The number of nitrogens with two attached hydrogens (primary N) is 1. The predicted octanol–water partition coefficient (Wildman–Crippen LogP) is 0.379. The van der Waals surface area contributed by atoms with Crippen LogP contribution in [0, 0.1) is 5.92 Å². The summed E-state index contributed by atoms with van der Waals surface area (Å²) in [6.45, 7) is 5.82. The molecule has 2 N–H and O–H groups in total. The Labute approximate surface area is 79.6 Å². The van der Waals surface area contributed by atoms with Crippen molar-refractivity contribution in [2.24, 2.45) is 5.92 Å². The summed E-state index contributed by atoms with van der Waals surface area (Å²) in [4.78, 5) is 10.9. The van der Waals surface area contributed by atoms with Crippen molar-refractivity contribution in [1.29, 1.82) is 0 Å². The van der Waals surface area contributed by atoms with Gasteiger partial charge in [-0.3, -0.25) is 0 Å². The van der Waals surface area contributed by atoms with Crippen LogP contribution in [0.15, 0.2) is 0 Å². The van der Waals surface area contributed by atoms with Crippen LogP contribution in [0.25, 0.3) is 0 Å². The lowest BCUT2D eigenvalue weighted by Crippen LogP contribution is -2.79. The van der Waals surface area contributed by atoms with Crippen LogP contribution < -0.4 is 5.32 Å². The van der Waals surface area contributed by atoms with E-state index in [0.29, 0.717) is 19.1 Å². The molecule has 78 valence electrons. The Bertz CT molecular complexity index is 137. The number of rotatable bonds is 6. The highest BCUT2D eigenvalue weighted by molar-refractivity contribution is 5.59. The molecule has 4 nitrogen and oxygen atoms in total. The predicted molar refractivity (Wildman–Crippen MR) is 49.5 cm³/mol. The second kappa shape index (κ2) is 7.86. The van der Waals surface area contributed by atoms with Gasteiger partial charge in [0.15, 0.2) is 0 Å². The summed E-state index contributed by atoms with van der Waals surface area (Å²) < 4.78 is 9.63. The Hall–Kier alpha value is -0.770. The molecule has 0 unspecified atom stereocenters. The zero-order valence-electron chi connectivity index (χ0n) is 8.71. The van der Waals surface area contributed by atoms with Gasteiger partial charge in [0.2, 0.25) is 0 Å². The van der Waals surface area contributed by atoms with Gasteiger partial charge >= 0.3 is 6.16 Å². The van der Waals surface area contributed by atoms with E-state index in [4.69, 9.17) is 9.47 Å². The van der Waals surface area contributed by atoms with Crippen molar-refractivity contribution >= 4 is 6.16 Å². The first-order valence-electron chi connectivity index (χ1n) is 4.74. The normalized spacial score (nSPS) is 10.2. The van der Waals surface area contributed by atoms with Crippen LogP contribution >= 0.6 is 0 Å².